The highest BCUT2D eigenvalue weighted by atomic mass is 16.6. The molecule has 1 aliphatic rings. The van der Waals surface area contributed by atoms with Crippen molar-refractivity contribution in [2.24, 2.45) is 0 Å². The van der Waals surface area contributed by atoms with Gasteiger partial charge in [-0.3, -0.25) is 4.79 Å². The van der Waals surface area contributed by atoms with E-state index in [1.54, 1.807) is 0 Å². The Morgan fingerprint density at radius 3 is 3.00 bits per heavy atom. The SMILES string of the molecule is C[C@@H](OC[C@H]1CO1)c1ccccc1C=CCCC(=O)O. The number of rotatable bonds is 8. The van der Waals surface area contributed by atoms with Gasteiger partial charge in [-0.1, -0.05) is 36.4 Å². The molecule has 0 saturated carbocycles. The van der Waals surface area contributed by atoms with E-state index in [1.807, 2.05) is 43.3 Å². The van der Waals surface area contributed by atoms with Crippen LogP contribution in [0.5, 0.6) is 0 Å². The van der Waals surface area contributed by atoms with Gasteiger partial charge in [0.2, 0.25) is 0 Å². The van der Waals surface area contributed by atoms with Gasteiger partial charge in [0.1, 0.15) is 6.10 Å². The molecule has 1 aromatic carbocycles. The van der Waals surface area contributed by atoms with Gasteiger partial charge >= 0.3 is 5.97 Å². The molecule has 20 heavy (non-hydrogen) atoms. The number of hydrogen-bond acceptors (Lipinski definition) is 3. The van der Waals surface area contributed by atoms with Crippen LogP contribution in [0.2, 0.25) is 0 Å². The number of carbonyl (C=O) groups is 1. The number of ether oxygens (including phenoxy) is 2. The molecule has 1 fully saturated rings. The Balaban J connectivity index is 1.94. The third kappa shape index (κ3) is 4.79. The number of carboxylic acid groups (broad SMARTS) is 1. The molecule has 0 amide bonds. The highest BCUT2D eigenvalue weighted by Gasteiger charge is 2.23. The number of allylic oxidation sites excluding steroid dienone is 1. The van der Waals surface area contributed by atoms with Crippen LogP contribution in [-0.2, 0) is 14.3 Å². The fraction of sp³-hybridized carbons (Fsp3) is 0.438. The normalized spacial score (nSPS) is 19.1. The molecule has 0 bridgehead atoms. The summed E-state index contributed by atoms with van der Waals surface area (Å²) >= 11 is 0. The molecule has 1 saturated heterocycles. The maximum Gasteiger partial charge on any atom is 0.303 e. The maximum absolute atomic E-state index is 10.5. The van der Waals surface area contributed by atoms with Crippen LogP contribution in [0.4, 0.5) is 0 Å². The van der Waals surface area contributed by atoms with E-state index < -0.39 is 5.97 Å². The molecule has 0 radical (unpaired) electrons. The van der Waals surface area contributed by atoms with Gasteiger partial charge in [0.15, 0.2) is 0 Å². The summed E-state index contributed by atoms with van der Waals surface area (Å²) in [6, 6.07) is 8.00. The van der Waals surface area contributed by atoms with Gasteiger partial charge in [0.05, 0.1) is 19.3 Å². The molecule has 0 unspecified atom stereocenters. The van der Waals surface area contributed by atoms with Gasteiger partial charge in [0, 0.05) is 6.42 Å². The number of carboxylic acids is 1. The summed E-state index contributed by atoms with van der Waals surface area (Å²) in [5.41, 5.74) is 2.18. The van der Waals surface area contributed by atoms with E-state index >= 15 is 0 Å². The number of hydrogen-bond donors (Lipinski definition) is 1. The van der Waals surface area contributed by atoms with Crippen molar-refractivity contribution >= 4 is 12.0 Å². The van der Waals surface area contributed by atoms with Crippen molar-refractivity contribution in [3.63, 3.8) is 0 Å². The molecular weight excluding hydrogens is 256 g/mol. The number of aliphatic carboxylic acids is 1. The first-order valence-corrected chi connectivity index (χ1v) is 6.87. The third-order valence-electron chi connectivity index (χ3n) is 3.19. The molecule has 0 aromatic heterocycles. The first-order chi connectivity index (χ1) is 9.66. The number of epoxide rings is 1. The first-order valence-electron chi connectivity index (χ1n) is 6.87. The van der Waals surface area contributed by atoms with Gasteiger partial charge in [-0.05, 0) is 24.5 Å². The quantitative estimate of drug-likeness (QED) is 0.741. The summed E-state index contributed by atoms with van der Waals surface area (Å²) in [5, 5.41) is 8.62. The lowest BCUT2D eigenvalue weighted by Crippen LogP contribution is -2.07. The molecule has 2 atom stereocenters. The molecule has 1 aliphatic heterocycles. The second kappa shape index (κ2) is 7.22. The van der Waals surface area contributed by atoms with Crippen LogP contribution in [0.15, 0.2) is 30.3 Å². The van der Waals surface area contributed by atoms with E-state index in [2.05, 4.69) is 0 Å². The molecule has 1 heterocycles. The molecular formula is C16H20O4. The zero-order chi connectivity index (χ0) is 14.4. The topological polar surface area (TPSA) is 59.1 Å². The number of benzene rings is 1. The van der Waals surface area contributed by atoms with Crippen LogP contribution in [0.3, 0.4) is 0 Å². The zero-order valence-corrected chi connectivity index (χ0v) is 11.6. The van der Waals surface area contributed by atoms with Crippen LogP contribution in [0, 0.1) is 0 Å². The van der Waals surface area contributed by atoms with E-state index in [4.69, 9.17) is 14.6 Å². The molecule has 0 aliphatic carbocycles. The monoisotopic (exact) mass is 276 g/mol. The Labute approximate surface area is 119 Å². The maximum atomic E-state index is 10.5. The van der Waals surface area contributed by atoms with E-state index in [-0.39, 0.29) is 18.6 Å². The Bertz CT molecular complexity index is 477. The molecule has 2 rings (SSSR count). The smallest absolute Gasteiger partial charge is 0.303 e. The van der Waals surface area contributed by atoms with Crippen LogP contribution < -0.4 is 0 Å². The summed E-state index contributed by atoms with van der Waals surface area (Å²) in [6.07, 6.45) is 4.81. The van der Waals surface area contributed by atoms with E-state index in [9.17, 15) is 4.79 Å². The van der Waals surface area contributed by atoms with Crippen molar-refractivity contribution in [1.82, 2.24) is 0 Å². The van der Waals surface area contributed by atoms with Crippen molar-refractivity contribution in [3.05, 3.63) is 41.5 Å². The minimum absolute atomic E-state index is 0.000441. The summed E-state index contributed by atoms with van der Waals surface area (Å²) < 4.78 is 10.9. The molecule has 0 spiro atoms. The molecule has 1 N–H and O–H groups in total. The van der Waals surface area contributed by atoms with Gasteiger partial charge in [0.25, 0.3) is 0 Å². The van der Waals surface area contributed by atoms with E-state index in [0.29, 0.717) is 13.0 Å². The van der Waals surface area contributed by atoms with Crippen molar-refractivity contribution in [2.75, 3.05) is 13.2 Å². The lowest BCUT2D eigenvalue weighted by atomic mass is 10.0. The van der Waals surface area contributed by atoms with Gasteiger partial charge < -0.3 is 14.6 Å². The minimum atomic E-state index is -0.774. The van der Waals surface area contributed by atoms with Crippen molar-refractivity contribution in [1.29, 1.82) is 0 Å². The predicted octanol–water partition coefficient (Wildman–Crippen LogP) is 3.04. The Morgan fingerprint density at radius 1 is 1.55 bits per heavy atom. The second-order valence-electron chi connectivity index (χ2n) is 4.89. The third-order valence-corrected chi connectivity index (χ3v) is 3.19. The largest absolute Gasteiger partial charge is 0.481 e. The average Bonchev–Trinajstić information content (AvgIpc) is 3.25. The highest BCUT2D eigenvalue weighted by molar-refractivity contribution is 5.67. The summed E-state index contributed by atoms with van der Waals surface area (Å²) in [4.78, 5) is 10.5. The summed E-state index contributed by atoms with van der Waals surface area (Å²) in [5.74, 6) is -0.774. The Morgan fingerprint density at radius 2 is 2.30 bits per heavy atom. The minimum Gasteiger partial charge on any atom is -0.481 e. The second-order valence-corrected chi connectivity index (χ2v) is 4.89. The summed E-state index contributed by atoms with van der Waals surface area (Å²) in [7, 11) is 0. The Hall–Kier alpha value is -1.65. The van der Waals surface area contributed by atoms with Crippen LogP contribution >= 0.6 is 0 Å². The van der Waals surface area contributed by atoms with Gasteiger partial charge in [-0.15, -0.1) is 0 Å². The average molecular weight is 276 g/mol. The van der Waals surface area contributed by atoms with Crippen LogP contribution in [0.1, 0.15) is 37.0 Å². The fourth-order valence-electron chi connectivity index (χ4n) is 1.96. The molecule has 4 heteroatoms. The van der Waals surface area contributed by atoms with Gasteiger partial charge in [-0.25, -0.2) is 0 Å². The zero-order valence-electron chi connectivity index (χ0n) is 11.6. The van der Waals surface area contributed by atoms with Crippen LogP contribution in [0.25, 0.3) is 6.08 Å². The van der Waals surface area contributed by atoms with E-state index in [1.165, 1.54) is 0 Å². The molecule has 1 aromatic rings. The summed E-state index contributed by atoms with van der Waals surface area (Å²) in [6.45, 7) is 3.44. The predicted molar refractivity (Wildman–Crippen MR) is 76.5 cm³/mol. The highest BCUT2D eigenvalue weighted by Crippen LogP contribution is 2.24. The molecule has 4 nitrogen and oxygen atoms in total. The lowest BCUT2D eigenvalue weighted by molar-refractivity contribution is -0.136. The van der Waals surface area contributed by atoms with E-state index in [0.717, 1.165) is 17.7 Å². The van der Waals surface area contributed by atoms with Crippen LogP contribution in [-0.4, -0.2) is 30.4 Å². The molecule has 108 valence electrons. The fourth-order valence-corrected chi connectivity index (χ4v) is 1.96. The van der Waals surface area contributed by atoms with Gasteiger partial charge in [-0.2, -0.15) is 0 Å². The lowest BCUT2D eigenvalue weighted by Gasteiger charge is -2.15. The van der Waals surface area contributed by atoms with Crippen molar-refractivity contribution in [2.45, 2.75) is 32.0 Å². The standard InChI is InChI=1S/C16H20O4/c1-12(19-10-14-11-20-14)15-8-4-2-6-13(15)7-3-5-9-16(17)18/h2-4,6-8,12,14H,5,9-11H2,1H3,(H,17,18)/t12-,14+/m1/s1. The first kappa shape index (κ1) is 14.8. The Kier molecular flexibility index (Phi) is 5.32. The van der Waals surface area contributed by atoms with Crippen molar-refractivity contribution in [3.8, 4) is 0 Å². The van der Waals surface area contributed by atoms with Crippen molar-refractivity contribution < 1.29 is 19.4 Å².